The molecule has 64 valence electrons. The van der Waals surface area contributed by atoms with Crippen molar-refractivity contribution in [3.8, 4) is 0 Å². The van der Waals surface area contributed by atoms with Gasteiger partial charge in [-0.2, -0.15) is 5.01 Å². The topological polar surface area (TPSA) is 15.3 Å². The lowest BCUT2D eigenvalue weighted by Gasteiger charge is -2.15. The van der Waals surface area contributed by atoms with E-state index in [2.05, 4.69) is 23.9 Å². The van der Waals surface area contributed by atoms with E-state index in [1.165, 1.54) is 11.8 Å². The predicted octanol–water partition coefficient (Wildman–Crippen LogP) is 0.374. The number of hydrogen-bond donors (Lipinski definition) is 1. The minimum absolute atomic E-state index is 0.194. The second-order valence-electron chi connectivity index (χ2n) is 2.42. The Bertz CT molecular complexity index is 140. The molecule has 4 heteroatoms. The standard InChI is InChI=1S/C7H14N2S2/c1-3-5-6-9(4-2)8-7(10)11-6/h3,6-8,10H,1,4-5H2,2H3. The molecule has 2 nitrogen and oxygen atoms in total. The molecule has 1 aliphatic heterocycles. The number of hydrogen-bond acceptors (Lipinski definition) is 3. The van der Waals surface area contributed by atoms with E-state index in [4.69, 9.17) is 12.6 Å². The summed E-state index contributed by atoms with van der Waals surface area (Å²) < 4.78 is 0.194. The quantitative estimate of drug-likeness (QED) is 0.300. The molecule has 0 aromatic carbocycles. The van der Waals surface area contributed by atoms with Crippen LogP contribution in [-0.4, -0.2) is 21.6 Å². The SMILES string of the molecule is C=CCC1[SH+]C([S-])NN1CC. The van der Waals surface area contributed by atoms with E-state index in [9.17, 15) is 0 Å². The average Bonchev–Trinajstić information content (AvgIpc) is 2.32. The van der Waals surface area contributed by atoms with Gasteiger partial charge >= 0.3 is 0 Å². The first-order chi connectivity index (χ1) is 5.27. The summed E-state index contributed by atoms with van der Waals surface area (Å²) in [6.45, 7) is 6.87. The molecule has 0 aliphatic carbocycles. The van der Waals surface area contributed by atoms with E-state index >= 15 is 0 Å². The van der Waals surface area contributed by atoms with Crippen molar-refractivity contribution in [2.24, 2.45) is 0 Å². The summed E-state index contributed by atoms with van der Waals surface area (Å²) in [6.07, 6.45) is 2.98. The molecule has 0 radical (unpaired) electrons. The molecule has 0 saturated carbocycles. The molecule has 2 atom stereocenters. The Labute approximate surface area is 77.8 Å². The molecule has 1 N–H and O–H groups in total. The Morgan fingerprint density at radius 3 is 3.09 bits per heavy atom. The lowest BCUT2D eigenvalue weighted by Crippen LogP contribution is -2.38. The Morgan fingerprint density at radius 2 is 2.55 bits per heavy atom. The lowest BCUT2D eigenvalue weighted by molar-refractivity contribution is 0.212. The highest BCUT2D eigenvalue weighted by molar-refractivity contribution is 7.90. The van der Waals surface area contributed by atoms with Crippen LogP contribution in [0.4, 0.5) is 0 Å². The number of nitrogens with one attached hydrogen (secondary N) is 1. The molecule has 1 aliphatic rings. The van der Waals surface area contributed by atoms with Gasteiger partial charge in [-0.25, -0.2) is 5.43 Å². The molecule has 0 spiro atoms. The predicted molar refractivity (Wildman–Crippen MR) is 54.0 cm³/mol. The van der Waals surface area contributed by atoms with Gasteiger partial charge in [-0.05, 0) is 11.8 Å². The first kappa shape index (κ1) is 9.45. The maximum absolute atomic E-state index is 5.14. The summed E-state index contributed by atoms with van der Waals surface area (Å²) in [4.78, 5) is 0. The third-order valence-electron chi connectivity index (χ3n) is 1.66. The van der Waals surface area contributed by atoms with Crippen molar-refractivity contribution in [2.45, 2.75) is 23.4 Å². The number of hydrazine groups is 1. The molecule has 1 rings (SSSR count). The van der Waals surface area contributed by atoms with Crippen LogP contribution < -0.4 is 5.43 Å². The highest BCUT2D eigenvalue weighted by Crippen LogP contribution is 2.13. The number of thiol groups is 1. The summed E-state index contributed by atoms with van der Waals surface area (Å²) in [5.74, 6) is 0. The van der Waals surface area contributed by atoms with Gasteiger partial charge in [0.05, 0.1) is 4.71 Å². The monoisotopic (exact) mass is 190 g/mol. The fourth-order valence-electron chi connectivity index (χ4n) is 1.14. The normalized spacial score (nSPS) is 32.5. The Balaban J connectivity index is 2.43. The highest BCUT2D eigenvalue weighted by atomic mass is 32.2. The fourth-order valence-corrected chi connectivity index (χ4v) is 2.88. The van der Waals surface area contributed by atoms with Crippen LogP contribution in [0.2, 0.25) is 0 Å². The van der Waals surface area contributed by atoms with Crippen LogP contribution in [0.25, 0.3) is 0 Å². The van der Waals surface area contributed by atoms with Crippen LogP contribution in [0.15, 0.2) is 12.7 Å². The molecule has 1 fully saturated rings. The average molecular weight is 190 g/mol. The molecular formula is C7H14N2S2. The molecule has 0 amide bonds. The van der Waals surface area contributed by atoms with Gasteiger partial charge < -0.3 is 12.6 Å². The van der Waals surface area contributed by atoms with Gasteiger partial charge in [-0.15, -0.1) is 6.58 Å². The first-order valence-electron chi connectivity index (χ1n) is 3.77. The summed E-state index contributed by atoms with van der Waals surface area (Å²) in [6, 6.07) is 0. The number of rotatable bonds is 3. The van der Waals surface area contributed by atoms with Crippen LogP contribution in [-0.2, 0) is 24.4 Å². The summed E-state index contributed by atoms with van der Waals surface area (Å²) >= 11 is 6.44. The zero-order chi connectivity index (χ0) is 8.27. The van der Waals surface area contributed by atoms with Gasteiger partial charge in [0, 0.05) is 13.0 Å². The van der Waals surface area contributed by atoms with Crippen molar-refractivity contribution in [3.05, 3.63) is 12.7 Å². The van der Waals surface area contributed by atoms with Gasteiger partial charge in [-0.3, -0.25) is 0 Å². The minimum atomic E-state index is 0.194. The van der Waals surface area contributed by atoms with E-state index < -0.39 is 0 Å². The maximum atomic E-state index is 5.14. The number of nitrogens with zero attached hydrogens (tertiary/aromatic N) is 1. The third kappa shape index (κ3) is 2.40. The van der Waals surface area contributed by atoms with Crippen molar-refractivity contribution in [2.75, 3.05) is 6.54 Å². The van der Waals surface area contributed by atoms with Crippen LogP contribution in [0.5, 0.6) is 0 Å². The second kappa shape index (κ2) is 4.40. The van der Waals surface area contributed by atoms with Crippen molar-refractivity contribution in [1.29, 1.82) is 0 Å². The molecule has 1 saturated heterocycles. The van der Waals surface area contributed by atoms with Crippen molar-refractivity contribution < 1.29 is 0 Å². The zero-order valence-corrected chi connectivity index (χ0v) is 8.37. The molecule has 11 heavy (non-hydrogen) atoms. The van der Waals surface area contributed by atoms with Gasteiger partial charge in [0.1, 0.15) is 0 Å². The van der Waals surface area contributed by atoms with Crippen LogP contribution in [0.3, 0.4) is 0 Å². The van der Waals surface area contributed by atoms with E-state index in [0.717, 1.165) is 13.0 Å². The lowest BCUT2D eigenvalue weighted by atomic mass is 10.4. The summed E-state index contributed by atoms with van der Waals surface area (Å²) in [5.41, 5.74) is 3.23. The van der Waals surface area contributed by atoms with Gasteiger partial charge in [0.15, 0.2) is 5.37 Å². The van der Waals surface area contributed by atoms with E-state index in [0.29, 0.717) is 5.37 Å². The van der Waals surface area contributed by atoms with Crippen LogP contribution >= 0.6 is 0 Å². The minimum Gasteiger partial charge on any atom is -0.717 e. The molecule has 0 bridgehead atoms. The van der Waals surface area contributed by atoms with Crippen molar-refractivity contribution >= 4 is 24.4 Å². The van der Waals surface area contributed by atoms with Crippen LogP contribution in [0.1, 0.15) is 13.3 Å². The fraction of sp³-hybridized carbons (Fsp3) is 0.714. The Kier molecular flexibility index (Phi) is 3.78. The van der Waals surface area contributed by atoms with Crippen LogP contribution in [0, 0.1) is 0 Å². The first-order valence-corrected chi connectivity index (χ1v) is 5.27. The van der Waals surface area contributed by atoms with E-state index in [-0.39, 0.29) is 4.71 Å². The Morgan fingerprint density at radius 1 is 1.82 bits per heavy atom. The van der Waals surface area contributed by atoms with E-state index in [1.54, 1.807) is 0 Å². The van der Waals surface area contributed by atoms with Crippen molar-refractivity contribution in [1.82, 2.24) is 10.4 Å². The molecule has 0 aromatic heterocycles. The summed E-state index contributed by atoms with van der Waals surface area (Å²) in [5, 5.41) is 2.74. The molecule has 2 unspecified atom stereocenters. The Hall–Kier alpha value is 0.360. The third-order valence-corrected chi connectivity index (χ3v) is 3.35. The molecule has 1 heterocycles. The van der Waals surface area contributed by atoms with Gasteiger partial charge in [0.2, 0.25) is 0 Å². The van der Waals surface area contributed by atoms with Gasteiger partial charge in [0.25, 0.3) is 0 Å². The largest absolute Gasteiger partial charge is 0.717 e. The van der Waals surface area contributed by atoms with Gasteiger partial charge in [-0.1, -0.05) is 13.0 Å². The second-order valence-corrected chi connectivity index (χ2v) is 4.65. The highest BCUT2D eigenvalue weighted by Gasteiger charge is 2.30. The van der Waals surface area contributed by atoms with E-state index in [1.807, 2.05) is 6.08 Å². The zero-order valence-electron chi connectivity index (χ0n) is 6.66. The molecular weight excluding hydrogens is 176 g/mol. The maximum Gasteiger partial charge on any atom is 0.185 e. The molecule has 0 aromatic rings. The summed E-state index contributed by atoms with van der Waals surface area (Å²) in [7, 11) is 0. The van der Waals surface area contributed by atoms with Crippen molar-refractivity contribution in [3.63, 3.8) is 0 Å². The smallest absolute Gasteiger partial charge is 0.185 e.